The number of allylic oxidation sites excluding steroid dienone is 3. The summed E-state index contributed by atoms with van der Waals surface area (Å²) in [7, 11) is 0. The van der Waals surface area contributed by atoms with Crippen molar-refractivity contribution < 1.29 is 24.5 Å². The molecule has 0 aliphatic rings. The Kier molecular flexibility index (Phi) is 50.6. The summed E-state index contributed by atoms with van der Waals surface area (Å²) in [6.07, 6.45) is 61.9. The monoisotopic (exact) mass is 874 g/mol. The van der Waals surface area contributed by atoms with Crippen LogP contribution < -0.4 is 5.32 Å². The second-order valence-corrected chi connectivity index (χ2v) is 18.9. The number of hydrogen-bond acceptors (Lipinski definition) is 5. The van der Waals surface area contributed by atoms with Crippen LogP contribution in [0.3, 0.4) is 0 Å². The summed E-state index contributed by atoms with van der Waals surface area (Å²) in [5.41, 5.74) is 0. The highest BCUT2D eigenvalue weighted by Crippen LogP contribution is 2.16. The molecule has 0 radical (unpaired) electrons. The third-order valence-corrected chi connectivity index (χ3v) is 12.7. The van der Waals surface area contributed by atoms with Gasteiger partial charge in [0.25, 0.3) is 0 Å². The number of rotatable bonds is 51. The van der Waals surface area contributed by atoms with Gasteiger partial charge in [-0.05, 0) is 64.2 Å². The molecule has 0 aromatic rings. The molecular formula is C56H107NO5. The highest BCUT2D eigenvalue weighted by atomic mass is 16.5. The minimum atomic E-state index is -0.860. The fraction of sp³-hybridized carbons (Fsp3) is 0.893. The average molecular weight is 874 g/mol. The van der Waals surface area contributed by atoms with Gasteiger partial charge in [-0.15, -0.1) is 0 Å². The second-order valence-electron chi connectivity index (χ2n) is 18.9. The van der Waals surface area contributed by atoms with E-state index in [-0.39, 0.29) is 18.5 Å². The first-order valence-electron chi connectivity index (χ1n) is 27.6. The Balaban J connectivity index is 3.54. The molecule has 366 valence electrons. The van der Waals surface area contributed by atoms with Gasteiger partial charge in [0.05, 0.1) is 25.4 Å². The molecule has 0 saturated heterocycles. The lowest BCUT2D eigenvalue weighted by Crippen LogP contribution is -2.45. The lowest BCUT2D eigenvalue weighted by molar-refractivity contribution is -0.143. The molecule has 1 amide bonds. The third kappa shape index (κ3) is 47.8. The molecule has 0 spiro atoms. The number of amides is 1. The van der Waals surface area contributed by atoms with Gasteiger partial charge in [0.2, 0.25) is 5.91 Å². The van der Waals surface area contributed by atoms with E-state index in [2.05, 4.69) is 31.3 Å². The lowest BCUT2D eigenvalue weighted by Gasteiger charge is -2.20. The van der Waals surface area contributed by atoms with Crippen LogP contribution in [0.25, 0.3) is 0 Å². The third-order valence-electron chi connectivity index (χ3n) is 12.7. The van der Waals surface area contributed by atoms with Crippen molar-refractivity contribution >= 4 is 11.9 Å². The molecule has 2 atom stereocenters. The molecule has 0 aromatic carbocycles. The number of aliphatic hydroxyl groups excluding tert-OH is 2. The molecule has 0 bridgehead atoms. The van der Waals surface area contributed by atoms with Crippen LogP contribution in [0, 0.1) is 0 Å². The van der Waals surface area contributed by atoms with Gasteiger partial charge in [-0.1, -0.05) is 244 Å². The molecule has 0 saturated carbocycles. The molecule has 0 heterocycles. The molecule has 0 fully saturated rings. The largest absolute Gasteiger partial charge is 0.466 e. The zero-order valence-electron chi connectivity index (χ0n) is 41.6. The zero-order valence-corrected chi connectivity index (χ0v) is 41.6. The van der Waals surface area contributed by atoms with Gasteiger partial charge in [-0.25, -0.2) is 0 Å². The highest BCUT2D eigenvalue weighted by Gasteiger charge is 2.18. The van der Waals surface area contributed by atoms with Crippen LogP contribution in [0.1, 0.15) is 296 Å². The van der Waals surface area contributed by atoms with Gasteiger partial charge < -0.3 is 20.3 Å². The number of aliphatic hydroxyl groups is 2. The summed E-state index contributed by atoms with van der Waals surface area (Å²) in [6, 6.07) is -0.646. The first-order valence-corrected chi connectivity index (χ1v) is 27.6. The fourth-order valence-electron chi connectivity index (χ4n) is 8.45. The normalized spacial score (nSPS) is 12.8. The number of nitrogens with one attached hydrogen (secondary N) is 1. The molecule has 0 rings (SSSR count). The van der Waals surface area contributed by atoms with Crippen LogP contribution in [0.4, 0.5) is 0 Å². The van der Waals surface area contributed by atoms with Crippen molar-refractivity contribution in [2.75, 3.05) is 13.2 Å². The standard InChI is InChI=1S/C56H107NO5/c1-3-5-7-9-11-13-15-17-18-19-20-21-22-23-25-28-32-36-40-44-48-54(59)53(52-58)57-55(60)49-45-41-37-33-29-26-27-31-35-39-43-47-51-62-56(61)50-46-42-38-34-30-24-16-14-12-10-8-6-4-2/h27,31,44,48,53-54,58-59H,3-26,28-30,32-43,45-47,49-52H2,1-2H3,(H,57,60)/b31-27-,48-44+. The summed E-state index contributed by atoms with van der Waals surface area (Å²) in [5, 5.41) is 23.1. The van der Waals surface area contributed by atoms with E-state index in [1.54, 1.807) is 6.08 Å². The number of hydrogen-bond donors (Lipinski definition) is 3. The summed E-state index contributed by atoms with van der Waals surface area (Å²) in [4.78, 5) is 24.5. The maximum absolute atomic E-state index is 12.5. The van der Waals surface area contributed by atoms with Gasteiger partial charge >= 0.3 is 5.97 Å². The summed E-state index contributed by atoms with van der Waals surface area (Å²) in [6.45, 7) is 4.86. The molecule has 3 N–H and O–H groups in total. The highest BCUT2D eigenvalue weighted by molar-refractivity contribution is 5.76. The van der Waals surface area contributed by atoms with Crippen molar-refractivity contribution in [2.45, 2.75) is 309 Å². The minimum absolute atomic E-state index is 0.0226. The van der Waals surface area contributed by atoms with E-state index in [4.69, 9.17) is 4.74 Å². The van der Waals surface area contributed by atoms with Gasteiger partial charge in [-0.3, -0.25) is 9.59 Å². The second kappa shape index (κ2) is 52.0. The molecule has 6 nitrogen and oxygen atoms in total. The first-order chi connectivity index (χ1) is 30.5. The van der Waals surface area contributed by atoms with Crippen LogP contribution in [0.15, 0.2) is 24.3 Å². The predicted octanol–water partition coefficient (Wildman–Crippen LogP) is 16.7. The quantitative estimate of drug-likeness (QED) is 0.0321. The molecule has 6 heteroatoms. The molecule has 2 unspecified atom stereocenters. The van der Waals surface area contributed by atoms with E-state index in [9.17, 15) is 19.8 Å². The van der Waals surface area contributed by atoms with E-state index in [0.29, 0.717) is 19.4 Å². The Morgan fingerprint density at radius 2 is 0.758 bits per heavy atom. The lowest BCUT2D eigenvalue weighted by atomic mass is 10.0. The Bertz CT molecular complexity index is 966. The Hall–Kier alpha value is -1.66. The van der Waals surface area contributed by atoms with Crippen LogP contribution in [-0.2, 0) is 14.3 Å². The van der Waals surface area contributed by atoms with Crippen molar-refractivity contribution in [3.8, 4) is 0 Å². The Morgan fingerprint density at radius 1 is 0.435 bits per heavy atom. The van der Waals surface area contributed by atoms with Crippen molar-refractivity contribution in [1.29, 1.82) is 0 Å². The molecule has 0 aromatic heterocycles. The summed E-state index contributed by atoms with van der Waals surface area (Å²) >= 11 is 0. The van der Waals surface area contributed by atoms with E-state index < -0.39 is 12.1 Å². The molecular weight excluding hydrogens is 767 g/mol. The van der Waals surface area contributed by atoms with Crippen LogP contribution in [0.2, 0.25) is 0 Å². The molecule has 62 heavy (non-hydrogen) atoms. The maximum Gasteiger partial charge on any atom is 0.305 e. The van der Waals surface area contributed by atoms with Gasteiger partial charge in [-0.2, -0.15) is 0 Å². The SMILES string of the molecule is CCCCCCCCCCCCCCCCCCCC/C=C/C(O)C(CO)NC(=O)CCCCCCC/C=C\CCCCCOC(=O)CCCCCCCCCCCCCCC. The average Bonchev–Trinajstić information content (AvgIpc) is 3.27. The zero-order chi connectivity index (χ0) is 45.1. The van der Waals surface area contributed by atoms with Crippen LogP contribution in [-0.4, -0.2) is 47.4 Å². The predicted molar refractivity (Wildman–Crippen MR) is 269 cm³/mol. The van der Waals surface area contributed by atoms with Crippen molar-refractivity contribution in [2.24, 2.45) is 0 Å². The number of ether oxygens (including phenoxy) is 1. The first kappa shape index (κ1) is 60.3. The van der Waals surface area contributed by atoms with Crippen molar-refractivity contribution in [3.63, 3.8) is 0 Å². The smallest absolute Gasteiger partial charge is 0.305 e. The van der Waals surface area contributed by atoms with Crippen LogP contribution in [0.5, 0.6) is 0 Å². The Morgan fingerprint density at radius 3 is 1.15 bits per heavy atom. The van der Waals surface area contributed by atoms with E-state index in [0.717, 1.165) is 77.0 Å². The van der Waals surface area contributed by atoms with E-state index in [1.165, 1.54) is 193 Å². The molecule has 0 aliphatic carbocycles. The van der Waals surface area contributed by atoms with Gasteiger partial charge in [0.15, 0.2) is 0 Å². The summed E-state index contributed by atoms with van der Waals surface area (Å²) in [5.74, 6) is -0.114. The number of carbonyl (C=O) groups is 2. The number of carbonyl (C=O) groups excluding carboxylic acids is 2. The van der Waals surface area contributed by atoms with Gasteiger partial charge in [0, 0.05) is 12.8 Å². The number of unbranched alkanes of at least 4 members (excludes halogenated alkanes) is 38. The minimum Gasteiger partial charge on any atom is -0.466 e. The van der Waals surface area contributed by atoms with E-state index >= 15 is 0 Å². The summed E-state index contributed by atoms with van der Waals surface area (Å²) < 4.78 is 5.44. The number of esters is 1. The van der Waals surface area contributed by atoms with Gasteiger partial charge in [0.1, 0.15) is 0 Å². The van der Waals surface area contributed by atoms with Crippen LogP contribution >= 0.6 is 0 Å². The van der Waals surface area contributed by atoms with Crippen molar-refractivity contribution in [3.05, 3.63) is 24.3 Å². The topological polar surface area (TPSA) is 95.9 Å². The fourth-order valence-corrected chi connectivity index (χ4v) is 8.45. The maximum atomic E-state index is 12.5. The molecule has 0 aliphatic heterocycles. The van der Waals surface area contributed by atoms with E-state index in [1.807, 2.05) is 6.08 Å². The van der Waals surface area contributed by atoms with Crippen molar-refractivity contribution in [1.82, 2.24) is 5.32 Å². The Labute approximate surface area is 386 Å².